The molecule has 4 nitrogen and oxygen atoms in total. The van der Waals surface area contributed by atoms with Crippen molar-refractivity contribution in [2.24, 2.45) is 0 Å². The number of amides is 1. The van der Waals surface area contributed by atoms with Crippen LogP contribution in [-0.2, 0) is 9.53 Å². The fraction of sp³-hybridized carbons (Fsp3) is 0.533. The molecule has 2 rings (SSSR count). The van der Waals surface area contributed by atoms with Gasteiger partial charge in [-0.05, 0) is 18.6 Å². The smallest absolute Gasteiger partial charge is 0.222 e. The molecule has 0 N–H and O–H groups in total. The molecule has 1 aliphatic rings. The molecule has 19 heavy (non-hydrogen) atoms. The zero-order valence-electron chi connectivity index (χ0n) is 11.6. The van der Waals surface area contributed by atoms with Gasteiger partial charge in [0.25, 0.3) is 0 Å². The maximum Gasteiger partial charge on any atom is 0.222 e. The Hall–Kier alpha value is -1.55. The van der Waals surface area contributed by atoms with Crippen LogP contribution in [0, 0.1) is 6.92 Å². The summed E-state index contributed by atoms with van der Waals surface area (Å²) in [6.45, 7) is 6.29. The van der Waals surface area contributed by atoms with Gasteiger partial charge in [0.2, 0.25) is 5.91 Å². The van der Waals surface area contributed by atoms with Crippen LogP contribution in [-0.4, -0.2) is 43.2 Å². The van der Waals surface area contributed by atoms with E-state index in [0.717, 1.165) is 11.3 Å². The summed E-state index contributed by atoms with van der Waals surface area (Å²) in [4.78, 5) is 13.5. The second-order valence-corrected chi connectivity index (χ2v) is 4.76. The Bertz CT molecular complexity index is 433. The molecule has 0 aromatic heterocycles. The van der Waals surface area contributed by atoms with E-state index in [4.69, 9.17) is 9.47 Å². The van der Waals surface area contributed by atoms with E-state index < -0.39 is 0 Å². The number of aryl methyl sites for hydroxylation is 1. The molecule has 1 unspecified atom stereocenters. The zero-order chi connectivity index (χ0) is 13.7. The fourth-order valence-corrected chi connectivity index (χ4v) is 2.17. The van der Waals surface area contributed by atoms with Crippen molar-refractivity contribution >= 4 is 5.91 Å². The Morgan fingerprint density at radius 2 is 2.26 bits per heavy atom. The molecule has 1 aliphatic heterocycles. The van der Waals surface area contributed by atoms with Crippen molar-refractivity contribution in [3.05, 3.63) is 29.8 Å². The summed E-state index contributed by atoms with van der Waals surface area (Å²) in [7, 11) is 0. The Morgan fingerprint density at radius 3 is 3.00 bits per heavy atom. The van der Waals surface area contributed by atoms with Crippen LogP contribution in [0.1, 0.15) is 18.9 Å². The number of para-hydroxylation sites is 1. The monoisotopic (exact) mass is 263 g/mol. The van der Waals surface area contributed by atoms with Gasteiger partial charge in [0.05, 0.1) is 13.2 Å². The Kier molecular flexibility index (Phi) is 4.80. The first-order valence-corrected chi connectivity index (χ1v) is 6.78. The molecular weight excluding hydrogens is 242 g/mol. The molecule has 0 radical (unpaired) electrons. The van der Waals surface area contributed by atoms with Crippen LogP contribution in [0.2, 0.25) is 0 Å². The third kappa shape index (κ3) is 3.70. The standard InChI is InChI=1S/C15H21NO3/c1-3-15(17)16-8-9-18-13(10-16)11-19-14-7-5-4-6-12(14)2/h4-7,13H,3,8-11H2,1-2H3. The molecule has 1 saturated heterocycles. The topological polar surface area (TPSA) is 38.8 Å². The molecule has 104 valence electrons. The van der Waals surface area contributed by atoms with E-state index in [1.165, 1.54) is 0 Å². The van der Waals surface area contributed by atoms with Gasteiger partial charge in [0.1, 0.15) is 18.5 Å². The summed E-state index contributed by atoms with van der Waals surface area (Å²) in [6.07, 6.45) is 0.509. The van der Waals surface area contributed by atoms with Crippen molar-refractivity contribution < 1.29 is 14.3 Å². The maximum absolute atomic E-state index is 11.7. The number of hydrogen-bond donors (Lipinski definition) is 0. The van der Waals surface area contributed by atoms with Crippen LogP contribution < -0.4 is 4.74 Å². The Labute approximate surface area is 114 Å². The van der Waals surface area contributed by atoms with Crippen LogP contribution in [0.3, 0.4) is 0 Å². The van der Waals surface area contributed by atoms with E-state index in [-0.39, 0.29) is 12.0 Å². The van der Waals surface area contributed by atoms with Gasteiger partial charge in [-0.15, -0.1) is 0 Å². The predicted molar refractivity (Wildman–Crippen MR) is 73.3 cm³/mol. The van der Waals surface area contributed by atoms with Gasteiger partial charge in [-0.3, -0.25) is 4.79 Å². The number of morpholine rings is 1. The molecule has 0 bridgehead atoms. The molecule has 0 saturated carbocycles. The SMILES string of the molecule is CCC(=O)N1CCOC(COc2ccccc2C)C1. The molecule has 1 aromatic carbocycles. The lowest BCUT2D eigenvalue weighted by Gasteiger charge is -2.32. The van der Waals surface area contributed by atoms with Gasteiger partial charge in [-0.1, -0.05) is 25.1 Å². The Morgan fingerprint density at radius 1 is 1.47 bits per heavy atom. The van der Waals surface area contributed by atoms with Crippen LogP contribution >= 0.6 is 0 Å². The van der Waals surface area contributed by atoms with Crippen LogP contribution in [0.15, 0.2) is 24.3 Å². The van der Waals surface area contributed by atoms with E-state index in [1.54, 1.807) is 0 Å². The number of ether oxygens (including phenoxy) is 2. The van der Waals surface area contributed by atoms with Gasteiger partial charge in [-0.25, -0.2) is 0 Å². The van der Waals surface area contributed by atoms with Crippen LogP contribution in [0.25, 0.3) is 0 Å². The largest absolute Gasteiger partial charge is 0.491 e. The lowest BCUT2D eigenvalue weighted by molar-refractivity contribution is -0.139. The minimum atomic E-state index is -0.0381. The highest BCUT2D eigenvalue weighted by atomic mass is 16.5. The van der Waals surface area contributed by atoms with Crippen molar-refractivity contribution in [1.82, 2.24) is 4.90 Å². The van der Waals surface area contributed by atoms with Crippen LogP contribution in [0.4, 0.5) is 0 Å². The first-order valence-electron chi connectivity index (χ1n) is 6.78. The van der Waals surface area contributed by atoms with E-state index in [9.17, 15) is 4.79 Å². The van der Waals surface area contributed by atoms with Gasteiger partial charge in [0, 0.05) is 13.0 Å². The van der Waals surface area contributed by atoms with Gasteiger partial charge in [0.15, 0.2) is 0 Å². The van der Waals surface area contributed by atoms with E-state index in [0.29, 0.717) is 32.7 Å². The van der Waals surface area contributed by atoms with Gasteiger partial charge >= 0.3 is 0 Å². The molecular formula is C15H21NO3. The minimum Gasteiger partial charge on any atom is -0.491 e. The quantitative estimate of drug-likeness (QED) is 0.834. The highest BCUT2D eigenvalue weighted by molar-refractivity contribution is 5.75. The molecule has 0 spiro atoms. The van der Waals surface area contributed by atoms with Gasteiger partial charge in [-0.2, -0.15) is 0 Å². The number of nitrogens with zero attached hydrogens (tertiary/aromatic N) is 1. The molecule has 1 atom stereocenters. The lowest BCUT2D eigenvalue weighted by Crippen LogP contribution is -2.47. The summed E-state index contributed by atoms with van der Waals surface area (Å²) in [6, 6.07) is 7.91. The van der Waals surface area contributed by atoms with E-state index >= 15 is 0 Å². The molecule has 1 fully saturated rings. The van der Waals surface area contributed by atoms with Crippen molar-refractivity contribution in [3.63, 3.8) is 0 Å². The molecule has 0 aliphatic carbocycles. The lowest BCUT2D eigenvalue weighted by atomic mass is 10.2. The van der Waals surface area contributed by atoms with Crippen molar-refractivity contribution in [2.75, 3.05) is 26.3 Å². The second kappa shape index (κ2) is 6.57. The molecule has 1 heterocycles. The normalized spacial score (nSPS) is 19.3. The van der Waals surface area contributed by atoms with Crippen molar-refractivity contribution in [3.8, 4) is 5.75 Å². The minimum absolute atomic E-state index is 0.0381. The number of carbonyl (C=O) groups is 1. The second-order valence-electron chi connectivity index (χ2n) is 4.76. The highest BCUT2D eigenvalue weighted by Gasteiger charge is 2.23. The molecule has 1 amide bonds. The maximum atomic E-state index is 11.7. The first kappa shape index (κ1) is 13.9. The average molecular weight is 263 g/mol. The van der Waals surface area contributed by atoms with Crippen molar-refractivity contribution in [2.45, 2.75) is 26.4 Å². The molecule has 4 heteroatoms. The molecule has 1 aromatic rings. The Balaban J connectivity index is 1.86. The summed E-state index contributed by atoms with van der Waals surface area (Å²) >= 11 is 0. The van der Waals surface area contributed by atoms with E-state index in [1.807, 2.05) is 43.0 Å². The summed E-state index contributed by atoms with van der Waals surface area (Å²) in [5, 5.41) is 0. The fourth-order valence-electron chi connectivity index (χ4n) is 2.17. The van der Waals surface area contributed by atoms with Crippen LogP contribution in [0.5, 0.6) is 5.75 Å². The third-order valence-corrected chi connectivity index (χ3v) is 3.31. The number of hydrogen-bond acceptors (Lipinski definition) is 3. The zero-order valence-corrected chi connectivity index (χ0v) is 11.6. The average Bonchev–Trinajstić information content (AvgIpc) is 2.46. The third-order valence-electron chi connectivity index (χ3n) is 3.31. The highest BCUT2D eigenvalue weighted by Crippen LogP contribution is 2.17. The van der Waals surface area contributed by atoms with Gasteiger partial charge < -0.3 is 14.4 Å². The number of carbonyl (C=O) groups excluding carboxylic acids is 1. The summed E-state index contributed by atoms with van der Waals surface area (Å²) < 4.78 is 11.4. The van der Waals surface area contributed by atoms with E-state index in [2.05, 4.69) is 0 Å². The number of rotatable bonds is 4. The summed E-state index contributed by atoms with van der Waals surface area (Å²) in [5.41, 5.74) is 1.11. The number of benzene rings is 1. The predicted octanol–water partition coefficient (Wildman–Crippen LogP) is 2.01. The van der Waals surface area contributed by atoms with Crippen molar-refractivity contribution in [1.29, 1.82) is 0 Å². The first-order chi connectivity index (χ1) is 9.20. The summed E-state index contributed by atoms with van der Waals surface area (Å²) in [5.74, 6) is 1.06.